The second kappa shape index (κ2) is 17.6. The summed E-state index contributed by atoms with van der Waals surface area (Å²) in [7, 11) is 0. The molecule has 4 aromatic carbocycles. The Kier molecular flexibility index (Phi) is 13.1. The molecule has 0 aromatic heterocycles. The number of nitrogens with one attached hydrogen (secondary N) is 2. The van der Waals surface area contributed by atoms with Crippen molar-refractivity contribution in [3.63, 3.8) is 0 Å². The van der Waals surface area contributed by atoms with Crippen LogP contribution >= 0.6 is 0 Å². The molecule has 0 saturated carbocycles. The average Bonchev–Trinajstić information content (AvgIpc) is 3.09. The Morgan fingerprint density at radius 1 is 0.653 bits per heavy atom. The molecule has 0 radical (unpaired) electrons. The van der Waals surface area contributed by atoms with Crippen LogP contribution in [0.25, 0.3) is 0 Å². The van der Waals surface area contributed by atoms with Gasteiger partial charge in [-0.1, -0.05) is 121 Å². The minimum atomic E-state index is -1.05. The highest BCUT2D eigenvalue weighted by atomic mass is 16.6. The second-order valence-corrected chi connectivity index (χ2v) is 12.8. The van der Waals surface area contributed by atoms with Crippen LogP contribution in [0.1, 0.15) is 56.0 Å². The van der Waals surface area contributed by atoms with Crippen LogP contribution in [0.2, 0.25) is 0 Å². The molecule has 9 nitrogen and oxygen atoms in total. The zero-order chi connectivity index (χ0) is 35.2. The van der Waals surface area contributed by atoms with Crippen molar-refractivity contribution < 1.29 is 28.7 Å². The van der Waals surface area contributed by atoms with Gasteiger partial charge in [0.15, 0.2) is 0 Å². The van der Waals surface area contributed by atoms with Gasteiger partial charge in [0.05, 0.1) is 6.04 Å². The zero-order valence-electron chi connectivity index (χ0n) is 28.5. The van der Waals surface area contributed by atoms with Gasteiger partial charge >= 0.3 is 12.1 Å². The topological polar surface area (TPSA) is 114 Å². The van der Waals surface area contributed by atoms with Gasteiger partial charge in [0.25, 0.3) is 0 Å². The predicted octanol–water partition coefficient (Wildman–Crippen LogP) is 6.18. The number of amides is 3. The van der Waals surface area contributed by atoms with E-state index in [2.05, 4.69) is 10.6 Å². The number of alkyl carbamates (subject to hydrolysis) is 1. The summed E-state index contributed by atoms with van der Waals surface area (Å²) in [5, 5.41) is 5.58. The number of ether oxygens (including phenoxy) is 2. The van der Waals surface area contributed by atoms with E-state index < -0.39 is 47.6 Å². The molecule has 0 heterocycles. The molecule has 0 unspecified atom stereocenters. The van der Waals surface area contributed by atoms with Gasteiger partial charge in [-0.3, -0.25) is 9.59 Å². The SMILES string of the molecule is C[C@@H](c1ccccc1)N(CC(=O)N[C@@H](Cc1ccccc1)C(=O)OCc1ccccc1)C(=O)[C@H](Cc1ccccc1)NC(=O)OC(C)(C)C. The van der Waals surface area contributed by atoms with Gasteiger partial charge in [-0.25, -0.2) is 9.59 Å². The first-order chi connectivity index (χ1) is 23.5. The molecule has 0 spiro atoms. The first kappa shape index (κ1) is 36.4. The Balaban J connectivity index is 1.60. The van der Waals surface area contributed by atoms with Crippen molar-refractivity contribution in [2.45, 2.75) is 70.9 Å². The highest BCUT2D eigenvalue weighted by Gasteiger charge is 2.33. The largest absolute Gasteiger partial charge is 0.459 e. The number of nitrogens with zero attached hydrogens (tertiary/aromatic N) is 1. The normalized spacial score (nSPS) is 12.9. The molecule has 0 aliphatic carbocycles. The van der Waals surface area contributed by atoms with Crippen molar-refractivity contribution in [1.29, 1.82) is 0 Å². The summed E-state index contributed by atoms with van der Waals surface area (Å²) in [5.41, 5.74) is 2.47. The molecule has 256 valence electrons. The standard InChI is InChI=1S/C40H45N3O6/c1-29(33-23-15-8-16-24-33)43(37(45)34(25-30-17-9-5-10-18-30)42-39(47)49-40(2,3)4)27-36(44)41-35(26-31-19-11-6-12-20-31)38(46)48-28-32-21-13-7-14-22-32/h5-24,29,34-35H,25-28H2,1-4H3,(H,41,44)(H,42,47)/t29-,34-,35-/m0/s1. The second-order valence-electron chi connectivity index (χ2n) is 12.8. The van der Waals surface area contributed by atoms with Crippen LogP contribution in [0.15, 0.2) is 121 Å². The van der Waals surface area contributed by atoms with Crippen LogP contribution in [-0.2, 0) is 43.3 Å². The lowest BCUT2D eigenvalue weighted by Crippen LogP contribution is -2.54. The van der Waals surface area contributed by atoms with E-state index in [1.807, 2.05) is 128 Å². The van der Waals surface area contributed by atoms with E-state index in [1.54, 1.807) is 20.8 Å². The summed E-state index contributed by atoms with van der Waals surface area (Å²) in [4.78, 5) is 56.1. The van der Waals surface area contributed by atoms with E-state index >= 15 is 0 Å². The van der Waals surface area contributed by atoms with Crippen LogP contribution in [0.4, 0.5) is 4.79 Å². The Morgan fingerprint density at radius 3 is 1.63 bits per heavy atom. The molecule has 4 rings (SSSR count). The Morgan fingerprint density at radius 2 is 1.12 bits per heavy atom. The van der Waals surface area contributed by atoms with Gasteiger partial charge in [-0.05, 0) is 49.9 Å². The van der Waals surface area contributed by atoms with Gasteiger partial charge in [0.2, 0.25) is 11.8 Å². The molecule has 49 heavy (non-hydrogen) atoms. The number of benzene rings is 4. The molecule has 2 N–H and O–H groups in total. The van der Waals surface area contributed by atoms with Crippen LogP contribution < -0.4 is 10.6 Å². The minimum Gasteiger partial charge on any atom is -0.459 e. The first-order valence-electron chi connectivity index (χ1n) is 16.4. The van der Waals surface area contributed by atoms with Crippen molar-refractivity contribution in [1.82, 2.24) is 15.5 Å². The fourth-order valence-electron chi connectivity index (χ4n) is 5.28. The summed E-state index contributed by atoms with van der Waals surface area (Å²) >= 11 is 0. The van der Waals surface area contributed by atoms with E-state index in [-0.39, 0.29) is 26.0 Å². The zero-order valence-corrected chi connectivity index (χ0v) is 28.5. The number of carbonyl (C=O) groups is 4. The first-order valence-corrected chi connectivity index (χ1v) is 16.4. The van der Waals surface area contributed by atoms with Gasteiger partial charge < -0.3 is 25.0 Å². The van der Waals surface area contributed by atoms with Crippen LogP contribution in [0.3, 0.4) is 0 Å². The number of carbonyl (C=O) groups excluding carboxylic acids is 4. The van der Waals surface area contributed by atoms with Gasteiger partial charge in [0, 0.05) is 12.8 Å². The van der Waals surface area contributed by atoms with Crippen molar-refractivity contribution in [2.75, 3.05) is 6.54 Å². The maximum absolute atomic E-state index is 14.5. The number of hydrogen-bond donors (Lipinski definition) is 2. The third kappa shape index (κ3) is 11.9. The third-order valence-corrected chi connectivity index (χ3v) is 7.74. The molecule has 0 aliphatic heterocycles. The average molecular weight is 664 g/mol. The van der Waals surface area contributed by atoms with Gasteiger partial charge in [-0.15, -0.1) is 0 Å². The number of hydrogen-bond acceptors (Lipinski definition) is 6. The Labute approximate surface area is 288 Å². The number of rotatable bonds is 14. The highest BCUT2D eigenvalue weighted by Crippen LogP contribution is 2.22. The van der Waals surface area contributed by atoms with Crippen molar-refractivity contribution in [3.05, 3.63) is 144 Å². The lowest BCUT2D eigenvalue weighted by atomic mass is 10.0. The molecular weight excluding hydrogens is 618 g/mol. The van der Waals surface area contributed by atoms with Crippen LogP contribution in [0, 0.1) is 0 Å². The fourth-order valence-corrected chi connectivity index (χ4v) is 5.28. The van der Waals surface area contributed by atoms with Crippen molar-refractivity contribution in [3.8, 4) is 0 Å². The molecule has 3 amide bonds. The lowest BCUT2D eigenvalue weighted by molar-refractivity contribution is -0.149. The Bertz CT molecular complexity index is 1640. The maximum atomic E-state index is 14.5. The van der Waals surface area contributed by atoms with E-state index in [9.17, 15) is 19.2 Å². The molecule has 0 bridgehead atoms. The monoisotopic (exact) mass is 663 g/mol. The van der Waals surface area contributed by atoms with E-state index in [0.29, 0.717) is 0 Å². The quantitative estimate of drug-likeness (QED) is 0.156. The summed E-state index contributed by atoms with van der Waals surface area (Å²) in [6, 6.07) is 34.6. The van der Waals surface area contributed by atoms with E-state index in [0.717, 1.165) is 22.3 Å². The predicted molar refractivity (Wildman–Crippen MR) is 188 cm³/mol. The van der Waals surface area contributed by atoms with E-state index in [1.165, 1.54) is 4.90 Å². The molecule has 0 aliphatic rings. The summed E-state index contributed by atoms with van der Waals surface area (Å²) in [6.07, 6.45) is -0.386. The summed E-state index contributed by atoms with van der Waals surface area (Å²) in [6.45, 7) is 6.72. The van der Waals surface area contributed by atoms with Crippen molar-refractivity contribution in [2.24, 2.45) is 0 Å². The van der Waals surface area contributed by atoms with Crippen molar-refractivity contribution >= 4 is 23.9 Å². The van der Waals surface area contributed by atoms with Gasteiger partial charge in [-0.2, -0.15) is 0 Å². The fraction of sp³-hybridized carbons (Fsp3) is 0.300. The lowest BCUT2D eigenvalue weighted by Gasteiger charge is -2.33. The molecule has 0 fully saturated rings. The molecular formula is C40H45N3O6. The third-order valence-electron chi connectivity index (χ3n) is 7.74. The maximum Gasteiger partial charge on any atom is 0.408 e. The molecule has 3 atom stereocenters. The number of esters is 1. The van der Waals surface area contributed by atoms with Gasteiger partial charge in [0.1, 0.15) is 30.8 Å². The van der Waals surface area contributed by atoms with E-state index in [4.69, 9.17) is 9.47 Å². The Hall–Kier alpha value is -5.44. The smallest absolute Gasteiger partial charge is 0.408 e. The summed E-state index contributed by atoms with van der Waals surface area (Å²) < 4.78 is 11.1. The van der Waals surface area contributed by atoms with Crippen LogP contribution in [-0.4, -0.2) is 53.0 Å². The molecule has 9 heteroatoms. The molecule has 0 saturated heterocycles. The summed E-state index contributed by atoms with van der Waals surface area (Å²) in [5.74, 6) is -1.62. The molecule has 4 aromatic rings. The minimum absolute atomic E-state index is 0.0496. The highest BCUT2D eigenvalue weighted by molar-refractivity contribution is 5.91. The van der Waals surface area contributed by atoms with Crippen LogP contribution in [0.5, 0.6) is 0 Å².